The third-order valence-electron chi connectivity index (χ3n) is 9.70. The van der Waals surface area contributed by atoms with Crippen LogP contribution in [0.1, 0.15) is 155 Å². The lowest BCUT2D eigenvalue weighted by Gasteiger charge is -2.28. The maximum Gasteiger partial charge on any atom is 0.306 e. The van der Waals surface area contributed by atoms with Crippen molar-refractivity contribution in [2.75, 3.05) is 54.1 Å². The van der Waals surface area contributed by atoms with E-state index in [1.54, 1.807) is 0 Å². The first-order chi connectivity index (χ1) is 31.6. The molecule has 2 atom stereocenters. The molecule has 65 heavy (non-hydrogen) atoms. The van der Waals surface area contributed by atoms with Crippen molar-refractivity contribution in [2.45, 2.75) is 161 Å². The predicted octanol–water partition coefficient (Wildman–Crippen LogP) is 14.9. The average Bonchev–Trinajstić information content (AvgIpc) is 3.27. The molecule has 0 aromatic rings. The number of phosphoric acid groups is 1. The molecule has 0 heterocycles. The summed E-state index contributed by atoms with van der Waals surface area (Å²) < 4.78 is 34.6. The summed E-state index contributed by atoms with van der Waals surface area (Å²) in [5, 5.41) is 0. The molecular weight excluding hydrogens is 830 g/mol. The van der Waals surface area contributed by atoms with Gasteiger partial charge in [-0.15, -0.1) is 0 Å². The molecule has 368 valence electrons. The summed E-state index contributed by atoms with van der Waals surface area (Å²) in [5.74, 6) is -0.401. The second-order valence-electron chi connectivity index (χ2n) is 17.1. The van der Waals surface area contributed by atoms with Crippen LogP contribution < -0.4 is 4.89 Å². The molecule has 0 radical (unpaired) electrons. The van der Waals surface area contributed by atoms with Crippen LogP contribution in [-0.2, 0) is 27.9 Å². The number of carbonyl (C=O) groups excluding carboxylic acids is 1. The van der Waals surface area contributed by atoms with Crippen LogP contribution in [-0.4, -0.2) is 70.7 Å². The van der Waals surface area contributed by atoms with Crippen LogP contribution in [0.25, 0.3) is 0 Å². The third kappa shape index (κ3) is 51.5. The molecule has 0 aliphatic heterocycles. The fraction of sp³-hybridized carbons (Fsp3) is 0.589. The maximum atomic E-state index is 12.7. The Morgan fingerprint density at radius 1 is 0.477 bits per heavy atom. The van der Waals surface area contributed by atoms with Crippen molar-refractivity contribution in [3.05, 3.63) is 134 Å². The summed E-state index contributed by atoms with van der Waals surface area (Å²) in [4.78, 5) is 25.1. The molecule has 0 aliphatic carbocycles. The van der Waals surface area contributed by atoms with Gasteiger partial charge in [-0.1, -0.05) is 180 Å². The zero-order valence-electron chi connectivity index (χ0n) is 41.6. The predicted molar refractivity (Wildman–Crippen MR) is 277 cm³/mol. The van der Waals surface area contributed by atoms with Crippen molar-refractivity contribution in [2.24, 2.45) is 0 Å². The lowest BCUT2D eigenvalue weighted by Crippen LogP contribution is -2.37. The van der Waals surface area contributed by atoms with Gasteiger partial charge in [0.05, 0.1) is 34.4 Å². The number of quaternary nitrogens is 1. The fourth-order valence-electron chi connectivity index (χ4n) is 5.94. The van der Waals surface area contributed by atoms with E-state index in [2.05, 4.69) is 148 Å². The monoisotopic (exact) mass is 922 g/mol. The van der Waals surface area contributed by atoms with Crippen LogP contribution in [0.4, 0.5) is 0 Å². The van der Waals surface area contributed by atoms with Crippen LogP contribution in [0.5, 0.6) is 0 Å². The van der Waals surface area contributed by atoms with Gasteiger partial charge in [0, 0.05) is 13.0 Å². The van der Waals surface area contributed by atoms with E-state index in [1.165, 1.54) is 25.7 Å². The van der Waals surface area contributed by atoms with E-state index in [0.29, 0.717) is 24.1 Å². The number of likely N-dealkylation sites (N-methyl/N-ethyl adjacent to an activating group) is 1. The van der Waals surface area contributed by atoms with Gasteiger partial charge in [0.1, 0.15) is 19.3 Å². The minimum atomic E-state index is -4.56. The van der Waals surface area contributed by atoms with Crippen LogP contribution >= 0.6 is 7.82 Å². The lowest BCUT2D eigenvalue weighted by atomic mass is 10.1. The molecule has 0 aliphatic rings. The van der Waals surface area contributed by atoms with Crippen LogP contribution in [0.2, 0.25) is 0 Å². The smallest absolute Gasteiger partial charge is 0.306 e. The largest absolute Gasteiger partial charge is 0.756 e. The first-order valence-electron chi connectivity index (χ1n) is 24.9. The molecule has 0 amide bonds. The number of hydrogen-bond acceptors (Lipinski definition) is 7. The highest BCUT2D eigenvalue weighted by atomic mass is 31.2. The van der Waals surface area contributed by atoms with Crippen molar-refractivity contribution in [3.8, 4) is 0 Å². The quantitative estimate of drug-likeness (QED) is 0.0197. The number of hydrogen-bond donors (Lipinski definition) is 0. The summed E-state index contributed by atoms with van der Waals surface area (Å²) in [6.45, 7) is 5.03. The molecule has 8 nitrogen and oxygen atoms in total. The Kier molecular flexibility index (Phi) is 44.7. The molecule has 0 bridgehead atoms. The van der Waals surface area contributed by atoms with Crippen molar-refractivity contribution in [1.82, 2.24) is 0 Å². The Morgan fingerprint density at radius 2 is 0.846 bits per heavy atom. The summed E-state index contributed by atoms with van der Waals surface area (Å²) in [7, 11) is 1.29. The highest BCUT2D eigenvalue weighted by Gasteiger charge is 2.20. The van der Waals surface area contributed by atoms with E-state index in [4.69, 9.17) is 18.5 Å². The molecule has 0 aromatic carbocycles. The fourth-order valence-corrected chi connectivity index (χ4v) is 6.67. The summed E-state index contributed by atoms with van der Waals surface area (Å²) >= 11 is 0. The van der Waals surface area contributed by atoms with E-state index in [9.17, 15) is 14.3 Å². The number of carbonyl (C=O) groups is 1. The number of rotatable bonds is 44. The summed E-state index contributed by atoms with van der Waals surface area (Å²) in [6, 6.07) is 0. The molecule has 0 rings (SSSR count). The zero-order chi connectivity index (χ0) is 47.6. The second kappa shape index (κ2) is 47.1. The first kappa shape index (κ1) is 61.6. The summed E-state index contributed by atoms with van der Waals surface area (Å²) in [6.07, 6.45) is 69.2. The normalized spacial score (nSPS) is 14.7. The molecule has 0 saturated heterocycles. The number of phosphoric ester groups is 1. The highest BCUT2D eigenvalue weighted by molar-refractivity contribution is 7.45. The SMILES string of the molecule is CC/C=C\C/C=C\C/C=C\C/C=C\C/C=C\C/C=C\CCCCCCCCCOCC(COP(=O)([O-])OCC[N+](C)(C)C)OC(=O)CCC/C=C\C/C=C\C/C=C\C/C=C\C/C=C\CC. The number of allylic oxidation sites excluding steroid dienone is 22. The van der Waals surface area contributed by atoms with Crippen molar-refractivity contribution in [3.63, 3.8) is 0 Å². The van der Waals surface area contributed by atoms with Crippen molar-refractivity contribution in [1.29, 1.82) is 0 Å². The van der Waals surface area contributed by atoms with E-state index in [0.717, 1.165) is 103 Å². The van der Waals surface area contributed by atoms with Gasteiger partial charge in [-0.2, -0.15) is 0 Å². The Hall–Kier alpha value is -3.36. The van der Waals surface area contributed by atoms with Gasteiger partial charge in [0.15, 0.2) is 0 Å². The van der Waals surface area contributed by atoms with E-state index in [1.807, 2.05) is 21.1 Å². The number of unbranched alkanes of at least 4 members (excludes halogenated alkanes) is 8. The molecule has 9 heteroatoms. The van der Waals surface area contributed by atoms with Crippen molar-refractivity contribution < 1.29 is 37.3 Å². The standard InChI is InChI=1S/C56H92NO7P/c1-6-8-10-12-14-16-18-20-22-24-25-26-27-28-29-30-31-32-34-36-38-40-42-44-46-48-51-61-53-55(54-63-65(59,60)62-52-50-57(3,4)5)64-56(58)49-47-45-43-41-39-37-35-33-23-21-19-17-15-13-11-9-7-2/h8-11,14-17,20-23,25-26,28-29,31-32,35,37,41,43,55H,6-7,12-13,18-19,24,27,30,33-34,36,38-40,42,44-54H2,1-5H3/b10-8-,11-9-,16-14-,17-15-,22-20-,23-21-,26-25-,29-28-,32-31-,37-35-,43-41-. The number of nitrogens with zero attached hydrogens (tertiary/aromatic N) is 1. The average molecular weight is 922 g/mol. The number of esters is 1. The Labute approximate surface area is 398 Å². The van der Waals surface area contributed by atoms with Crippen LogP contribution in [0, 0.1) is 0 Å². The van der Waals surface area contributed by atoms with Gasteiger partial charge >= 0.3 is 5.97 Å². The highest BCUT2D eigenvalue weighted by Crippen LogP contribution is 2.38. The van der Waals surface area contributed by atoms with Gasteiger partial charge in [-0.3, -0.25) is 9.36 Å². The Bertz CT molecular complexity index is 1490. The van der Waals surface area contributed by atoms with Gasteiger partial charge < -0.3 is 27.9 Å². The Morgan fingerprint density at radius 3 is 1.26 bits per heavy atom. The molecular formula is C56H92NO7P. The lowest BCUT2D eigenvalue weighted by molar-refractivity contribution is -0.870. The molecule has 0 aromatic heterocycles. The third-order valence-corrected chi connectivity index (χ3v) is 10.7. The number of ether oxygens (including phenoxy) is 2. The summed E-state index contributed by atoms with van der Waals surface area (Å²) in [5.41, 5.74) is 0. The molecule has 0 saturated carbocycles. The van der Waals surface area contributed by atoms with Gasteiger partial charge in [0.25, 0.3) is 7.82 Å². The van der Waals surface area contributed by atoms with E-state index in [-0.39, 0.29) is 26.2 Å². The minimum Gasteiger partial charge on any atom is -0.756 e. The zero-order valence-corrected chi connectivity index (χ0v) is 42.5. The van der Waals surface area contributed by atoms with Crippen LogP contribution in [0.15, 0.2) is 134 Å². The Balaban J connectivity index is 4.28. The second-order valence-corrected chi connectivity index (χ2v) is 18.5. The van der Waals surface area contributed by atoms with Crippen LogP contribution in [0.3, 0.4) is 0 Å². The first-order valence-corrected chi connectivity index (χ1v) is 26.4. The molecule has 0 N–H and O–H groups in total. The van der Waals surface area contributed by atoms with Gasteiger partial charge in [-0.05, 0) is 103 Å². The molecule has 2 unspecified atom stereocenters. The maximum absolute atomic E-state index is 12.7. The van der Waals surface area contributed by atoms with E-state index < -0.39 is 19.9 Å². The topological polar surface area (TPSA) is 94.1 Å². The van der Waals surface area contributed by atoms with Gasteiger partial charge in [0.2, 0.25) is 0 Å². The van der Waals surface area contributed by atoms with E-state index >= 15 is 0 Å². The molecule has 0 spiro atoms. The van der Waals surface area contributed by atoms with Gasteiger partial charge in [-0.25, -0.2) is 0 Å². The molecule has 0 fully saturated rings. The minimum absolute atomic E-state index is 0.00447. The van der Waals surface area contributed by atoms with Crippen molar-refractivity contribution >= 4 is 13.8 Å².